The van der Waals surface area contributed by atoms with E-state index < -0.39 is 18.3 Å². The van der Waals surface area contributed by atoms with E-state index in [2.05, 4.69) is 33.1 Å². The van der Waals surface area contributed by atoms with E-state index in [9.17, 15) is 0 Å². The third-order valence-corrected chi connectivity index (χ3v) is 6.59. The van der Waals surface area contributed by atoms with Crippen molar-refractivity contribution in [2.24, 2.45) is 0 Å². The first-order valence-corrected chi connectivity index (χ1v) is 10.2. The molecule has 4 rings (SSSR count). The second-order valence-electron chi connectivity index (χ2n) is 8.97. The van der Waals surface area contributed by atoms with Gasteiger partial charge in [-0.3, -0.25) is 0 Å². The summed E-state index contributed by atoms with van der Waals surface area (Å²) < 4.78 is 26.8. The molecule has 0 amide bonds. The molecule has 0 spiro atoms. The molecule has 0 aromatic carbocycles. The van der Waals surface area contributed by atoms with Gasteiger partial charge in [0.1, 0.15) is 17.9 Å². The quantitative estimate of drug-likeness (QED) is 0.571. The third-order valence-electron chi connectivity index (χ3n) is 6.59. The van der Waals surface area contributed by atoms with E-state index >= 15 is 4.39 Å². The van der Waals surface area contributed by atoms with Crippen LogP contribution in [0.2, 0.25) is 0 Å². The summed E-state index contributed by atoms with van der Waals surface area (Å²) in [5.74, 6) is 1.40. The molecular formula is C21H29BFN3O2. The lowest BCUT2D eigenvalue weighted by atomic mass is 9.82. The highest BCUT2D eigenvalue weighted by atomic mass is 19.1. The summed E-state index contributed by atoms with van der Waals surface area (Å²) in [5, 5.41) is 0. The average molecular weight is 385 g/mol. The Hall–Kier alpha value is -1.73. The first kappa shape index (κ1) is 19.6. The lowest BCUT2D eigenvalue weighted by molar-refractivity contribution is 0.00578. The van der Waals surface area contributed by atoms with Crippen LogP contribution in [0.5, 0.6) is 0 Å². The molecule has 0 unspecified atom stereocenters. The van der Waals surface area contributed by atoms with Gasteiger partial charge in [-0.15, -0.1) is 0 Å². The molecule has 3 aliphatic rings. The van der Waals surface area contributed by atoms with Crippen molar-refractivity contribution < 1.29 is 13.7 Å². The van der Waals surface area contributed by atoms with Crippen molar-refractivity contribution in [1.29, 1.82) is 0 Å². The molecule has 150 valence electrons. The largest absolute Gasteiger partial charge is 0.525 e. The molecule has 2 fully saturated rings. The molecule has 1 aromatic rings. The van der Waals surface area contributed by atoms with Crippen LogP contribution in [0.3, 0.4) is 0 Å². The number of hydrogen-bond acceptors (Lipinski definition) is 5. The first-order valence-electron chi connectivity index (χ1n) is 10.2. The summed E-state index contributed by atoms with van der Waals surface area (Å²) >= 11 is 0. The molecule has 0 radical (unpaired) electrons. The number of piperidine rings is 1. The SMILES string of the molecule is CC1(C)OB(C(F)=C2CCN(c3cc(C4CC=CC4)ncn3)CC2)OC1(C)C. The molecule has 0 N–H and O–H groups in total. The Morgan fingerprint density at radius 3 is 2.29 bits per heavy atom. The number of anilines is 1. The highest BCUT2D eigenvalue weighted by molar-refractivity contribution is 6.53. The Balaban J connectivity index is 1.42. The van der Waals surface area contributed by atoms with Crippen molar-refractivity contribution in [1.82, 2.24) is 9.97 Å². The van der Waals surface area contributed by atoms with Crippen LogP contribution in [0.15, 0.2) is 35.8 Å². The number of rotatable bonds is 3. The van der Waals surface area contributed by atoms with E-state index in [0.717, 1.165) is 43.0 Å². The molecule has 0 saturated carbocycles. The van der Waals surface area contributed by atoms with E-state index in [1.807, 2.05) is 27.7 Å². The fourth-order valence-corrected chi connectivity index (χ4v) is 3.97. The number of allylic oxidation sites excluding steroid dienone is 2. The molecule has 2 aliphatic heterocycles. The molecule has 0 bridgehead atoms. The smallest absolute Gasteiger partial charge is 0.398 e. The lowest BCUT2D eigenvalue weighted by Crippen LogP contribution is -2.41. The molecule has 28 heavy (non-hydrogen) atoms. The van der Waals surface area contributed by atoms with Gasteiger partial charge in [0.25, 0.3) is 0 Å². The van der Waals surface area contributed by atoms with Gasteiger partial charge in [-0.1, -0.05) is 12.2 Å². The summed E-state index contributed by atoms with van der Waals surface area (Å²) in [4.78, 5) is 11.1. The van der Waals surface area contributed by atoms with Crippen LogP contribution in [0.25, 0.3) is 0 Å². The standard InChI is InChI=1S/C21H29BFN3O2/c1-20(2)21(3,4)28-22(27-20)19(23)16-9-11-26(12-10-16)18-13-17(24-14-25-18)15-7-5-6-8-15/h5-6,13-15H,7-12H2,1-4H3. The van der Waals surface area contributed by atoms with Crippen molar-refractivity contribution in [3.63, 3.8) is 0 Å². The van der Waals surface area contributed by atoms with Crippen LogP contribution >= 0.6 is 0 Å². The summed E-state index contributed by atoms with van der Waals surface area (Å²) in [5.41, 5.74) is 0.591. The summed E-state index contributed by atoms with van der Waals surface area (Å²) in [6.45, 7) is 9.25. The van der Waals surface area contributed by atoms with E-state index in [4.69, 9.17) is 9.31 Å². The number of nitrogens with zero attached hydrogens (tertiary/aromatic N) is 3. The number of aromatic nitrogens is 2. The zero-order valence-electron chi connectivity index (χ0n) is 17.2. The molecule has 5 nitrogen and oxygen atoms in total. The van der Waals surface area contributed by atoms with Gasteiger partial charge in [0.05, 0.1) is 11.2 Å². The molecule has 0 atom stereocenters. The lowest BCUT2D eigenvalue weighted by Gasteiger charge is -2.32. The van der Waals surface area contributed by atoms with Crippen LogP contribution in [0, 0.1) is 0 Å². The van der Waals surface area contributed by atoms with Gasteiger partial charge in [0.15, 0.2) is 0 Å². The average Bonchev–Trinajstić information content (AvgIpc) is 3.28. The van der Waals surface area contributed by atoms with Gasteiger partial charge < -0.3 is 14.2 Å². The minimum atomic E-state index is -0.896. The van der Waals surface area contributed by atoms with Crippen molar-refractivity contribution in [3.05, 3.63) is 41.5 Å². The Bertz CT molecular complexity index is 775. The number of halogens is 1. The first-order chi connectivity index (χ1) is 13.3. The topological polar surface area (TPSA) is 47.5 Å². The van der Waals surface area contributed by atoms with E-state index in [-0.39, 0.29) is 5.73 Å². The predicted octanol–water partition coefficient (Wildman–Crippen LogP) is 4.37. The number of hydrogen-bond donors (Lipinski definition) is 0. The highest BCUT2D eigenvalue weighted by Crippen LogP contribution is 2.40. The van der Waals surface area contributed by atoms with Gasteiger partial charge >= 0.3 is 7.12 Å². The fraction of sp³-hybridized carbons (Fsp3) is 0.619. The fourth-order valence-electron chi connectivity index (χ4n) is 3.97. The van der Waals surface area contributed by atoms with E-state index in [1.165, 1.54) is 0 Å². The van der Waals surface area contributed by atoms with Crippen molar-refractivity contribution in [2.45, 2.75) is 70.5 Å². The summed E-state index contributed by atoms with van der Waals surface area (Å²) in [7, 11) is -0.896. The molecule has 1 aromatic heterocycles. The zero-order valence-corrected chi connectivity index (χ0v) is 17.2. The molecule has 7 heteroatoms. The molecule has 2 saturated heterocycles. The highest BCUT2D eigenvalue weighted by Gasteiger charge is 2.53. The predicted molar refractivity (Wildman–Crippen MR) is 109 cm³/mol. The Kier molecular flexibility index (Phi) is 5.08. The van der Waals surface area contributed by atoms with Gasteiger partial charge in [0, 0.05) is 30.8 Å². The minimum Gasteiger partial charge on any atom is -0.398 e. The second kappa shape index (κ2) is 7.27. The summed E-state index contributed by atoms with van der Waals surface area (Å²) in [6.07, 6.45) is 9.47. The van der Waals surface area contributed by atoms with Crippen LogP contribution in [0.1, 0.15) is 65.0 Å². The molecule has 1 aliphatic carbocycles. The van der Waals surface area contributed by atoms with Gasteiger partial charge in [0.2, 0.25) is 0 Å². The molecule has 3 heterocycles. The maximum atomic E-state index is 15.1. The monoisotopic (exact) mass is 385 g/mol. The van der Waals surface area contributed by atoms with Gasteiger partial charge in [-0.05, 0) is 59.0 Å². The Morgan fingerprint density at radius 1 is 1.07 bits per heavy atom. The third kappa shape index (κ3) is 3.62. The van der Waals surface area contributed by atoms with Crippen LogP contribution in [-0.4, -0.2) is 41.4 Å². The van der Waals surface area contributed by atoms with Gasteiger partial charge in [-0.25, -0.2) is 14.4 Å². The van der Waals surface area contributed by atoms with Crippen molar-refractivity contribution >= 4 is 12.9 Å². The van der Waals surface area contributed by atoms with Crippen molar-refractivity contribution in [2.75, 3.05) is 18.0 Å². The van der Waals surface area contributed by atoms with Crippen molar-refractivity contribution in [3.8, 4) is 0 Å². The Morgan fingerprint density at radius 2 is 1.68 bits per heavy atom. The van der Waals surface area contributed by atoms with E-state index in [1.54, 1.807) is 6.33 Å². The summed E-state index contributed by atoms with van der Waals surface area (Å²) in [6, 6.07) is 2.09. The second-order valence-corrected chi connectivity index (χ2v) is 8.97. The Labute approximate surface area is 167 Å². The van der Waals surface area contributed by atoms with Gasteiger partial charge in [-0.2, -0.15) is 0 Å². The maximum Gasteiger partial charge on any atom is 0.525 e. The minimum absolute atomic E-state index is 0.251. The van der Waals surface area contributed by atoms with E-state index in [0.29, 0.717) is 18.8 Å². The van der Waals surface area contributed by atoms with Crippen LogP contribution in [0.4, 0.5) is 10.2 Å². The normalized spacial score (nSPS) is 24.2. The van der Waals surface area contributed by atoms with Crippen LogP contribution < -0.4 is 4.90 Å². The zero-order chi connectivity index (χ0) is 19.9. The maximum absolute atomic E-state index is 15.1. The molecular weight excluding hydrogens is 356 g/mol. The van der Waals surface area contributed by atoms with Crippen LogP contribution in [-0.2, 0) is 9.31 Å².